The van der Waals surface area contributed by atoms with Crippen LogP contribution < -0.4 is 10.1 Å². The minimum absolute atomic E-state index is 0.0133. The zero-order valence-electron chi connectivity index (χ0n) is 19.8. The highest BCUT2D eigenvalue weighted by Gasteiger charge is 2.27. The third-order valence-corrected chi connectivity index (χ3v) is 5.85. The van der Waals surface area contributed by atoms with E-state index in [1.54, 1.807) is 0 Å². The highest BCUT2D eigenvalue weighted by Crippen LogP contribution is 2.39. The van der Waals surface area contributed by atoms with Crippen LogP contribution in [0.15, 0.2) is 47.5 Å². The minimum Gasteiger partial charge on any atom is -0.454 e. The molecular formula is C26H34N4O2. The summed E-state index contributed by atoms with van der Waals surface area (Å²) in [4.78, 5) is 22.4. The first kappa shape index (κ1) is 22.3. The van der Waals surface area contributed by atoms with Gasteiger partial charge in [-0.2, -0.15) is 0 Å². The molecule has 32 heavy (non-hydrogen) atoms. The molecule has 0 spiro atoms. The van der Waals surface area contributed by atoms with E-state index in [1.807, 2.05) is 42.5 Å². The Balaban J connectivity index is 1.67. The van der Waals surface area contributed by atoms with Crippen molar-refractivity contribution in [2.24, 2.45) is 10.4 Å². The van der Waals surface area contributed by atoms with Crippen molar-refractivity contribution in [2.45, 2.75) is 47.1 Å². The number of benzene rings is 2. The number of carbonyl (C=O) groups excluding carboxylic acids is 1. The first-order chi connectivity index (χ1) is 15.2. The molecule has 1 N–H and O–H groups in total. The Bertz CT molecular complexity index is 1010. The van der Waals surface area contributed by atoms with Crippen LogP contribution in [0.3, 0.4) is 0 Å². The van der Waals surface area contributed by atoms with E-state index in [9.17, 15) is 4.79 Å². The van der Waals surface area contributed by atoms with Crippen molar-refractivity contribution in [1.82, 2.24) is 9.80 Å². The third kappa shape index (κ3) is 5.13. The number of carbonyl (C=O) groups is 1. The van der Waals surface area contributed by atoms with Gasteiger partial charge in [0.2, 0.25) is 5.91 Å². The summed E-state index contributed by atoms with van der Waals surface area (Å²) >= 11 is 0. The van der Waals surface area contributed by atoms with E-state index < -0.39 is 0 Å². The molecule has 2 aromatic carbocycles. The fourth-order valence-electron chi connectivity index (χ4n) is 4.18. The van der Waals surface area contributed by atoms with Crippen LogP contribution in [0, 0.1) is 5.41 Å². The topological polar surface area (TPSA) is 57.2 Å². The van der Waals surface area contributed by atoms with Crippen LogP contribution in [0.5, 0.6) is 11.5 Å². The number of para-hydroxylation sites is 2. The number of hydrogen-bond donors (Lipinski definition) is 1. The van der Waals surface area contributed by atoms with Gasteiger partial charge in [0, 0.05) is 44.3 Å². The maximum Gasteiger partial charge on any atom is 0.224 e. The van der Waals surface area contributed by atoms with E-state index in [0.29, 0.717) is 12.5 Å². The van der Waals surface area contributed by atoms with Gasteiger partial charge in [-0.05, 0) is 49.6 Å². The van der Waals surface area contributed by atoms with Crippen molar-refractivity contribution < 1.29 is 9.53 Å². The second kappa shape index (κ2) is 8.94. The van der Waals surface area contributed by atoms with Gasteiger partial charge < -0.3 is 15.0 Å². The molecule has 4 rings (SSSR count). The Morgan fingerprint density at radius 2 is 1.78 bits per heavy atom. The second-order valence-electron chi connectivity index (χ2n) is 10.1. The SMILES string of the molecule is CC(C)N1CCN(C2=Nc3ccccc3Oc3ccc(NC(=O)CC(C)(C)C)cc32)CC1. The molecule has 0 atom stereocenters. The lowest BCUT2D eigenvalue weighted by Crippen LogP contribution is -2.50. The van der Waals surface area contributed by atoms with E-state index in [1.165, 1.54) is 0 Å². The molecule has 0 unspecified atom stereocenters. The summed E-state index contributed by atoms with van der Waals surface area (Å²) in [5.41, 5.74) is 2.43. The standard InChI is InChI=1S/C26H34N4O2/c1-18(2)29-12-14-30(15-13-29)25-20-16-19(27-24(31)17-26(3,4)5)10-11-22(20)32-23-9-7-6-8-21(23)28-25/h6-11,16,18H,12-15,17H2,1-5H3,(H,27,31). The van der Waals surface area contributed by atoms with Crippen LogP contribution >= 0.6 is 0 Å². The van der Waals surface area contributed by atoms with Crippen molar-refractivity contribution in [3.63, 3.8) is 0 Å². The number of hydrogen-bond acceptors (Lipinski definition) is 5. The summed E-state index contributed by atoms with van der Waals surface area (Å²) in [6, 6.07) is 14.2. The van der Waals surface area contributed by atoms with E-state index in [4.69, 9.17) is 9.73 Å². The lowest BCUT2D eigenvalue weighted by molar-refractivity contribution is -0.117. The number of nitrogens with zero attached hydrogens (tertiary/aromatic N) is 3. The number of nitrogens with one attached hydrogen (secondary N) is 1. The summed E-state index contributed by atoms with van der Waals surface area (Å²) in [5.74, 6) is 2.42. The monoisotopic (exact) mass is 434 g/mol. The average molecular weight is 435 g/mol. The molecule has 2 heterocycles. The van der Waals surface area contributed by atoms with Crippen LogP contribution in [0.2, 0.25) is 0 Å². The minimum atomic E-state index is -0.0662. The molecule has 1 amide bonds. The number of amidine groups is 1. The number of aliphatic imine (C=N–C) groups is 1. The fraction of sp³-hybridized carbons (Fsp3) is 0.462. The zero-order valence-corrected chi connectivity index (χ0v) is 19.8. The Kier molecular flexibility index (Phi) is 6.24. The molecule has 2 aromatic rings. The van der Waals surface area contributed by atoms with Crippen molar-refractivity contribution in [1.29, 1.82) is 0 Å². The third-order valence-electron chi connectivity index (χ3n) is 5.85. The predicted molar refractivity (Wildman–Crippen MR) is 130 cm³/mol. The molecule has 6 nitrogen and oxygen atoms in total. The van der Waals surface area contributed by atoms with E-state index >= 15 is 0 Å². The van der Waals surface area contributed by atoms with Gasteiger partial charge in [-0.15, -0.1) is 0 Å². The van der Waals surface area contributed by atoms with Crippen molar-refractivity contribution in [3.05, 3.63) is 48.0 Å². The van der Waals surface area contributed by atoms with Gasteiger partial charge in [-0.25, -0.2) is 4.99 Å². The van der Waals surface area contributed by atoms with Gasteiger partial charge in [0.15, 0.2) is 5.75 Å². The molecule has 6 heteroatoms. The highest BCUT2D eigenvalue weighted by molar-refractivity contribution is 6.05. The van der Waals surface area contributed by atoms with Crippen molar-refractivity contribution >= 4 is 23.1 Å². The van der Waals surface area contributed by atoms with Crippen LogP contribution in [-0.4, -0.2) is 53.8 Å². The second-order valence-corrected chi connectivity index (χ2v) is 10.1. The molecular weight excluding hydrogens is 400 g/mol. The first-order valence-corrected chi connectivity index (χ1v) is 11.5. The maximum absolute atomic E-state index is 12.5. The molecule has 2 aliphatic heterocycles. The summed E-state index contributed by atoms with van der Waals surface area (Å²) in [6.45, 7) is 14.5. The normalized spacial score (nSPS) is 16.6. The number of ether oxygens (including phenoxy) is 1. The summed E-state index contributed by atoms with van der Waals surface area (Å²) in [7, 11) is 0. The number of amides is 1. The van der Waals surface area contributed by atoms with Crippen molar-refractivity contribution in [3.8, 4) is 11.5 Å². The maximum atomic E-state index is 12.5. The summed E-state index contributed by atoms with van der Waals surface area (Å²) in [5, 5.41) is 3.06. The first-order valence-electron chi connectivity index (χ1n) is 11.5. The lowest BCUT2D eigenvalue weighted by Gasteiger charge is -2.38. The fourth-order valence-corrected chi connectivity index (χ4v) is 4.18. The number of rotatable bonds is 3. The quantitative estimate of drug-likeness (QED) is 0.715. The molecule has 0 aliphatic carbocycles. The van der Waals surface area contributed by atoms with Gasteiger partial charge >= 0.3 is 0 Å². The molecule has 1 saturated heterocycles. The van der Waals surface area contributed by atoms with Crippen LogP contribution in [-0.2, 0) is 4.79 Å². The van der Waals surface area contributed by atoms with Gasteiger partial charge in [-0.1, -0.05) is 32.9 Å². The van der Waals surface area contributed by atoms with Gasteiger partial charge in [0.1, 0.15) is 17.3 Å². The Morgan fingerprint density at radius 3 is 2.47 bits per heavy atom. The predicted octanol–water partition coefficient (Wildman–Crippen LogP) is 5.27. The molecule has 1 fully saturated rings. The Labute approximate surface area is 191 Å². The summed E-state index contributed by atoms with van der Waals surface area (Å²) < 4.78 is 6.26. The average Bonchev–Trinajstić information content (AvgIpc) is 2.89. The molecule has 2 aliphatic rings. The smallest absolute Gasteiger partial charge is 0.224 e. The van der Waals surface area contributed by atoms with Crippen LogP contribution in [0.25, 0.3) is 0 Å². The van der Waals surface area contributed by atoms with Gasteiger partial charge in [0.25, 0.3) is 0 Å². The van der Waals surface area contributed by atoms with Crippen LogP contribution in [0.4, 0.5) is 11.4 Å². The Morgan fingerprint density at radius 1 is 1.06 bits per heavy atom. The van der Waals surface area contributed by atoms with Crippen molar-refractivity contribution in [2.75, 3.05) is 31.5 Å². The van der Waals surface area contributed by atoms with Crippen LogP contribution in [0.1, 0.15) is 46.6 Å². The van der Waals surface area contributed by atoms with E-state index in [-0.39, 0.29) is 11.3 Å². The lowest BCUT2D eigenvalue weighted by atomic mass is 9.92. The molecule has 0 aromatic heterocycles. The number of fused-ring (bicyclic) bond motifs is 2. The van der Waals surface area contributed by atoms with E-state index in [2.05, 4.69) is 49.7 Å². The van der Waals surface area contributed by atoms with Gasteiger partial charge in [-0.3, -0.25) is 9.69 Å². The number of anilines is 1. The zero-order chi connectivity index (χ0) is 22.9. The number of piperazine rings is 1. The molecule has 170 valence electrons. The molecule has 0 bridgehead atoms. The van der Waals surface area contributed by atoms with Gasteiger partial charge in [0.05, 0.1) is 5.56 Å². The van der Waals surface area contributed by atoms with E-state index in [0.717, 1.165) is 60.5 Å². The highest BCUT2D eigenvalue weighted by atomic mass is 16.5. The Hall–Kier alpha value is -2.86. The molecule has 0 saturated carbocycles. The summed E-state index contributed by atoms with van der Waals surface area (Å²) in [6.07, 6.45) is 0.462. The largest absolute Gasteiger partial charge is 0.454 e. The molecule has 0 radical (unpaired) electrons.